The van der Waals surface area contributed by atoms with Gasteiger partial charge in [0.2, 0.25) is 0 Å². The summed E-state index contributed by atoms with van der Waals surface area (Å²) >= 11 is 1.58. The normalized spacial score (nSPS) is 10.2. The van der Waals surface area contributed by atoms with Gasteiger partial charge in [0.25, 0.3) is 0 Å². The fraction of sp³-hybridized carbons (Fsp3) is 0.231. The minimum atomic E-state index is 0.806. The van der Waals surface area contributed by atoms with E-state index < -0.39 is 0 Å². The maximum atomic E-state index is 5.25. The Kier molecular flexibility index (Phi) is 3.15. The predicted octanol–water partition coefficient (Wildman–Crippen LogP) is 3.54. The molecule has 0 bridgehead atoms. The summed E-state index contributed by atoms with van der Waals surface area (Å²) < 4.78 is 10.5. The van der Waals surface area contributed by atoms with Crippen LogP contribution in [0.25, 0.3) is 11.1 Å². The molecule has 2 rings (SSSR count). The quantitative estimate of drug-likeness (QED) is 0.807. The van der Waals surface area contributed by atoms with Crippen LogP contribution in [0.2, 0.25) is 0 Å². The summed E-state index contributed by atoms with van der Waals surface area (Å²) in [4.78, 5) is 0. The molecule has 0 saturated carbocycles. The maximum absolute atomic E-state index is 5.25. The van der Waals surface area contributed by atoms with Gasteiger partial charge < -0.3 is 9.47 Å². The lowest BCUT2D eigenvalue weighted by Crippen LogP contribution is -1.88. The summed E-state index contributed by atoms with van der Waals surface area (Å²) in [7, 11) is 3.32. The molecule has 0 fully saturated rings. The van der Waals surface area contributed by atoms with Crippen LogP contribution in [-0.4, -0.2) is 14.2 Å². The Balaban J connectivity index is 2.52. The van der Waals surface area contributed by atoms with Crippen molar-refractivity contribution in [2.75, 3.05) is 14.2 Å². The Morgan fingerprint density at radius 3 is 2.12 bits per heavy atom. The van der Waals surface area contributed by atoms with E-state index >= 15 is 0 Å². The van der Waals surface area contributed by atoms with Crippen molar-refractivity contribution in [1.29, 1.82) is 0 Å². The summed E-state index contributed by atoms with van der Waals surface area (Å²) in [5.41, 5.74) is 3.44. The van der Waals surface area contributed by atoms with Crippen LogP contribution in [0.3, 0.4) is 0 Å². The molecule has 0 aliphatic heterocycles. The second-order valence-corrected chi connectivity index (χ2v) is 4.15. The van der Waals surface area contributed by atoms with Crippen LogP contribution in [0.5, 0.6) is 11.5 Å². The van der Waals surface area contributed by atoms with Crippen molar-refractivity contribution in [3.8, 4) is 22.6 Å². The van der Waals surface area contributed by atoms with E-state index in [1.54, 1.807) is 25.6 Å². The molecule has 2 aromatic rings. The van der Waals surface area contributed by atoms with Crippen LogP contribution in [-0.2, 0) is 0 Å². The highest BCUT2D eigenvalue weighted by Gasteiger charge is 2.07. The zero-order valence-corrected chi connectivity index (χ0v) is 10.4. The van der Waals surface area contributed by atoms with Crippen LogP contribution in [0.1, 0.15) is 5.56 Å². The molecule has 1 radical (unpaired) electrons. The minimum Gasteiger partial charge on any atom is -0.497 e. The zero-order valence-electron chi connectivity index (χ0n) is 9.53. The average molecular weight is 233 g/mol. The number of thiophene rings is 1. The van der Waals surface area contributed by atoms with Gasteiger partial charge in [0, 0.05) is 11.4 Å². The number of methoxy groups -OCH3 is 2. The van der Waals surface area contributed by atoms with Gasteiger partial charge >= 0.3 is 0 Å². The molecule has 0 spiro atoms. The Morgan fingerprint density at radius 2 is 1.69 bits per heavy atom. The third kappa shape index (κ3) is 2.04. The van der Waals surface area contributed by atoms with Crippen molar-refractivity contribution in [3.63, 3.8) is 0 Å². The second kappa shape index (κ2) is 4.58. The van der Waals surface area contributed by atoms with E-state index in [4.69, 9.17) is 9.47 Å². The van der Waals surface area contributed by atoms with Crippen LogP contribution >= 0.6 is 11.3 Å². The standard InChI is InChI=1S/C13H13O2S/c1-9-7-16-8-13(9)10-4-11(14-2)6-12(5-10)15-3/h4-6,8H,1-3H3. The van der Waals surface area contributed by atoms with Gasteiger partial charge in [-0.2, -0.15) is 0 Å². The van der Waals surface area contributed by atoms with E-state index in [9.17, 15) is 0 Å². The Bertz CT molecular complexity index is 466. The van der Waals surface area contributed by atoms with Crippen molar-refractivity contribution in [3.05, 3.63) is 34.5 Å². The molecule has 0 atom stereocenters. The van der Waals surface area contributed by atoms with E-state index in [-0.39, 0.29) is 0 Å². The highest BCUT2D eigenvalue weighted by atomic mass is 32.1. The number of rotatable bonds is 3. The van der Waals surface area contributed by atoms with Crippen LogP contribution < -0.4 is 9.47 Å². The van der Waals surface area contributed by atoms with E-state index in [2.05, 4.69) is 17.7 Å². The number of hydrogen-bond donors (Lipinski definition) is 0. The molecule has 1 aromatic carbocycles. The summed E-state index contributed by atoms with van der Waals surface area (Å²) in [5.74, 6) is 1.61. The van der Waals surface area contributed by atoms with Gasteiger partial charge in [-0.25, -0.2) is 0 Å². The molecule has 0 aliphatic rings. The third-order valence-corrected chi connectivity index (χ3v) is 3.23. The average Bonchev–Trinajstić information content (AvgIpc) is 2.74. The van der Waals surface area contributed by atoms with Gasteiger partial charge in [-0.05, 0) is 41.1 Å². The number of ether oxygens (including phenoxy) is 2. The van der Waals surface area contributed by atoms with Gasteiger partial charge in [0.1, 0.15) is 11.5 Å². The molecule has 1 aromatic heterocycles. The Labute approximate surface area is 99.5 Å². The van der Waals surface area contributed by atoms with Crippen molar-refractivity contribution >= 4 is 11.3 Å². The first-order valence-corrected chi connectivity index (χ1v) is 5.81. The van der Waals surface area contributed by atoms with Gasteiger partial charge in [0.05, 0.1) is 14.2 Å². The molecule has 1 heterocycles. The van der Waals surface area contributed by atoms with E-state index in [0.29, 0.717) is 0 Å². The molecule has 0 amide bonds. The molecule has 0 saturated heterocycles. The number of benzene rings is 1. The van der Waals surface area contributed by atoms with Crippen molar-refractivity contribution < 1.29 is 9.47 Å². The lowest BCUT2D eigenvalue weighted by atomic mass is 10.1. The monoisotopic (exact) mass is 233 g/mol. The molecular formula is C13H13O2S. The maximum Gasteiger partial charge on any atom is 0.123 e. The molecule has 0 aliphatic carbocycles. The summed E-state index contributed by atoms with van der Waals surface area (Å²) in [6, 6.07) is 5.88. The SMILES string of the molecule is COc1cc(OC)cc(-c2cs[c]c2C)c1. The molecule has 0 N–H and O–H groups in total. The van der Waals surface area contributed by atoms with Gasteiger partial charge in [-0.15, -0.1) is 11.3 Å². The smallest absolute Gasteiger partial charge is 0.123 e. The van der Waals surface area contributed by atoms with Crippen LogP contribution in [0.4, 0.5) is 0 Å². The lowest BCUT2D eigenvalue weighted by Gasteiger charge is -2.08. The fourth-order valence-corrected chi connectivity index (χ4v) is 2.34. The van der Waals surface area contributed by atoms with E-state index in [1.165, 1.54) is 5.56 Å². The summed E-state index contributed by atoms with van der Waals surface area (Å²) in [6.45, 7) is 2.05. The van der Waals surface area contributed by atoms with E-state index in [0.717, 1.165) is 22.6 Å². The van der Waals surface area contributed by atoms with Gasteiger partial charge in [0.15, 0.2) is 0 Å². The number of aryl methyl sites for hydroxylation is 1. The first kappa shape index (κ1) is 11.0. The Morgan fingerprint density at radius 1 is 1.06 bits per heavy atom. The van der Waals surface area contributed by atoms with Crippen molar-refractivity contribution in [2.45, 2.75) is 6.92 Å². The molecule has 3 heteroatoms. The number of hydrogen-bond acceptors (Lipinski definition) is 3. The largest absolute Gasteiger partial charge is 0.497 e. The Hall–Kier alpha value is -1.48. The van der Waals surface area contributed by atoms with Crippen LogP contribution in [0.15, 0.2) is 23.6 Å². The summed E-state index contributed by atoms with van der Waals surface area (Å²) in [6.07, 6.45) is 0. The highest BCUT2D eigenvalue weighted by Crippen LogP contribution is 2.32. The molecule has 83 valence electrons. The highest BCUT2D eigenvalue weighted by molar-refractivity contribution is 7.07. The molecule has 0 unspecified atom stereocenters. The topological polar surface area (TPSA) is 18.5 Å². The first-order chi connectivity index (χ1) is 7.74. The van der Waals surface area contributed by atoms with E-state index in [1.807, 2.05) is 18.2 Å². The molecule has 2 nitrogen and oxygen atoms in total. The van der Waals surface area contributed by atoms with Crippen molar-refractivity contribution in [1.82, 2.24) is 0 Å². The van der Waals surface area contributed by atoms with Crippen LogP contribution in [0, 0.1) is 12.3 Å². The predicted molar refractivity (Wildman–Crippen MR) is 66.4 cm³/mol. The third-order valence-electron chi connectivity index (χ3n) is 2.46. The zero-order chi connectivity index (χ0) is 11.5. The van der Waals surface area contributed by atoms with Gasteiger partial charge in [-0.1, -0.05) is 0 Å². The summed E-state index contributed by atoms with van der Waals surface area (Å²) in [5, 5.41) is 5.29. The van der Waals surface area contributed by atoms with Crippen molar-refractivity contribution in [2.24, 2.45) is 0 Å². The second-order valence-electron chi connectivity index (χ2n) is 3.48. The molecular weight excluding hydrogens is 220 g/mol. The fourth-order valence-electron chi connectivity index (χ4n) is 1.57. The minimum absolute atomic E-state index is 0.806. The molecule has 16 heavy (non-hydrogen) atoms. The first-order valence-electron chi connectivity index (χ1n) is 4.94. The lowest BCUT2D eigenvalue weighted by molar-refractivity contribution is 0.394. The van der Waals surface area contributed by atoms with Gasteiger partial charge in [-0.3, -0.25) is 0 Å².